The molecule has 3 rings (SSSR count). The Morgan fingerprint density at radius 3 is 2.81 bits per heavy atom. The van der Waals surface area contributed by atoms with E-state index in [-0.39, 0.29) is 0 Å². The van der Waals surface area contributed by atoms with Crippen molar-refractivity contribution < 1.29 is 4.79 Å². The number of aromatic nitrogens is 3. The highest BCUT2D eigenvalue weighted by Crippen LogP contribution is 2.37. The van der Waals surface area contributed by atoms with Gasteiger partial charge in [-0.1, -0.05) is 18.5 Å². The number of amides is 1. The number of likely N-dealkylation sites (tertiary alicyclic amines) is 1. The number of nitrogens with two attached hydrogens (primary N) is 1. The molecule has 1 aliphatic rings. The van der Waals surface area contributed by atoms with Gasteiger partial charge in [0.25, 0.3) is 0 Å². The second-order valence-corrected chi connectivity index (χ2v) is 7.60. The van der Waals surface area contributed by atoms with Crippen LogP contribution in [0.1, 0.15) is 41.7 Å². The normalized spacial score (nSPS) is 20.6. The van der Waals surface area contributed by atoms with Crippen LogP contribution in [0.25, 0.3) is 0 Å². The van der Waals surface area contributed by atoms with Gasteiger partial charge in [0.05, 0.1) is 16.8 Å². The van der Waals surface area contributed by atoms with E-state index >= 15 is 0 Å². The maximum atomic E-state index is 11.3. The molecular weight excluding hydrogens is 364 g/mol. The molecular formula is C19H27ClN6O. The molecule has 0 bridgehead atoms. The number of nitrogens with zero attached hydrogens (tertiary/aromatic N) is 5. The number of rotatable bonds is 6. The smallest absolute Gasteiger partial charge is 0.250 e. The zero-order chi connectivity index (χ0) is 19.6. The number of aryl methyl sites for hydroxylation is 1. The van der Waals surface area contributed by atoms with Gasteiger partial charge in [0.1, 0.15) is 5.82 Å². The second-order valence-electron chi connectivity index (χ2n) is 7.20. The third-order valence-electron chi connectivity index (χ3n) is 5.31. The first-order valence-electron chi connectivity index (χ1n) is 9.29. The first-order chi connectivity index (χ1) is 12.9. The third-order valence-corrected chi connectivity index (χ3v) is 5.59. The Morgan fingerprint density at radius 1 is 1.44 bits per heavy atom. The van der Waals surface area contributed by atoms with Crippen molar-refractivity contribution in [2.45, 2.75) is 25.8 Å². The van der Waals surface area contributed by atoms with Gasteiger partial charge in [0.2, 0.25) is 5.91 Å². The lowest BCUT2D eigenvalue weighted by Gasteiger charge is -2.42. The van der Waals surface area contributed by atoms with Crippen LogP contribution in [0.3, 0.4) is 0 Å². The van der Waals surface area contributed by atoms with Crippen molar-refractivity contribution >= 4 is 23.3 Å². The molecule has 2 aromatic heterocycles. The van der Waals surface area contributed by atoms with Crippen LogP contribution in [0, 0.1) is 5.92 Å². The molecule has 1 saturated heterocycles. The van der Waals surface area contributed by atoms with Crippen LogP contribution in [0.4, 0.5) is 5.82 Å². The first kappa shape index (κ1) is 19.6. The van der Waals surface area contributed by atoms with Crippen LogP contribution in [-0.4, -0.2) is 52.3 Å². The van der Waals surface area contributed by atoms with E-state index in [1.54, 1.807) is 6.07 Å². The van der Waals surface area contributed by atoms with Crippen LogP contribution in [0.15, 0.2) is 24.7 Å². The summed E-state index contributed by atoms with van der Waals surface area (Å²) < 4.78 is 1.86. The molecule has 0 radical (unpaired) electrons. The number of piperidine rings is 1. The Labute approximate surface area is 165 Å². The van der Waals surface area contributed by atoms with Gasteiger partial charge >= 0.3 is 0 Å². The lowest BCUT2D eigenvalue weighted by atomic mass is 9.85. The summed E-state index contributed by atoms with van der Waals surface area (Å²) in [6.45, 7) is 5.13. The summed E-state index contributed by atoms with van der Waals surface area (Å²) in [7, 11) is 3.94. The van der Waals surface area contributed by atoms with E-state index in [2.05, 4.69) is 33.0 Å². The third kappa shape index (κ3) is 4.25. The number of carbonyl (C=O) groups excluding carboxylic acids is 1. The highest BCUT2D eigenvalue weighted by atomic mass is 35.5. The van der Waals surface area contributed by atoms with Crippen molar-refractivity contribution in [1.29, 1.82) is 0 Å². The van der Waals surface area contributed by atoms with Gasteiger partial charge in [0.15, 0.2) is 0 Å². The number of pyridine rings is 1. The Balaban J connectivity index is 1.82. The van der Waals surface area contributed by atoms with Crippen molar-refractivity contribution in [2.24, 2.45) is 18.7 Å². The number of halogens is 1. The van der Waals surface area contributed by atoms with Crippen LogP contribution in [-0.2, 0) is 7.05 Å². The first-order valence-corrected chi connectivity index (χ1v) is 9.67. The number of carbonyl (C=O) groups is 1. The standard InChI is InChI=1S/C19H27ClN6O/c1-4-26-7-5-6-13(17(26)15-10-23-25(3)12-15)11-24(2)19-16(20)8-14(9-22-19)18(21)27/h8-10,12-13,17H,4-7,11H2,1-3H3,(H2,21,27)/t13-,17+/m0/s1. The van der Waals surface area contributed by atoms with E-state index in [0.717, 1.165) is 26.1 Å². The molecule has 3 heterocycles. The van der Waals surface area contributed by atoms with Crippen LogP contribution in [0.5, 0.6) is 0 Å². The molecule has 2 aromatic rings. The van der Waals surface area contributed by atoms with E-state index in [1.807, 2.05) is 25.0 Å². The Morgan fingerprint density at radius 2 is 2.22 bits per heavy atom. The van der Waals surface area contributed by atoms with Gasteiger partial charge in [-0.15, -0.1) is 0 Å². The predicted octanol–water partition coefficient (Wildman–Crippen LogP) is 2.48. The molecule has 2 atom stereocenters. The maximum absolute atomic E-state index is 11.3. The highest BCUT2D eigenvalue weighted by Gasteiger charge is 2.33. The highest BCUT2D eigenvalue weighted by molar-refractivity contribution is 6.33. The summed E-state index contributed by atoms with van der Waals surface area (Å²) in [5.74, 6) is 0.572. The van der Waals surface area contributed by atoms with E-state index in [4.69, 9.17) is 17.3 Å². The topological polar surface area (TPSA) is 80.3 Å². The van der Waals surface area contributed by atoms with E-state index < -0.39 is 5.91 Å². The van der Waals surface area contributed by atoms with E-state index in [1.165, 1.54) is 18.2 Å². The average Bonchev–Trinajstić information content (AvgIpc) is 3.07. The van der Waals surface area contributed by atoms with Crippen LogP contribution in [0.2, 0.25) is 5.02 Å². The van der Waals surface area contributed by atoms with Crippen molar-refractivity contribution in [3.8, 4) is 0 Å². The number of hydrogen-bond acceptors (Lipinski definition) is 5. The van der Waals surface area contributed by atoms with E-state index in [9.17, 15) is 4.79 Å². The molecule has 0 unspecified atom stereocenters. The van der Waals surface area contributed by atoms with Crippen molar-refractivity contribution in [1.82, 2.24) is 19.7 Å². The maximum Gasteiger partial charge on any atom is 0.250 e. The molecule has 8 heteroatoms. The van der Waals surface area contributed by atoms with Gasteiger partial charge in [-0.2, -0.15) is 5.10 Å². The van der Waals surface area contributed by atoms with E-state index in [0.29, 0.717) is 28.4 Å². The van der Waals surface area contributed by atoms with Crippen molar-refractivity contribution in [2.75, 3.05) is 31.6 Å². The summed E-state index contributed by atoms with van der Waals surface area (Å²) in [6.07, 6.45) is 7.87. The minimum Gasteiger partial charge on any atom is -0.366 e. The molecule has 0 spiro atoms. The monoisotopic (exact) mass is 390 g/mol. The summed E-state index contributed by atoms with van der Waals surface area (Å²) in [5.41, 5.74) is 6.88. The zero-order valence-electron chi connectivity index (χ0n) is 16.1. The van der Waals surface area contributed by atoms with Gasteiger partial charge in [-0.3, -0.25) is 14.4 Å². The second kappa shape index (κ2) is 8.27. The van der Waals surface area contributed by atoms with Gasteiger partial charge in [-0.05, 0) is 37.9 Å². The summed E-state index contributed by atoms with van der Waals surface area (Å²) >= 11 is 6.36. The summed E-state index contributed by atoms with van der Waals surface area (Å²) in [5, 5.41) is 4.81. The molecule has 2 N–H and O–H groups in total. The largest absolute Gasteiger partial charge is 0.366 e. The molecule has 7 nitrogen and oxygen atoms in total. The van der Waals surface area contributed by atoms with Crippen LogP contribution < -0.4 is 10.6 Å². The predicted molar refractivity (Wildman–Crippen MR) is 107 cm³/mol. The minimum atomic E-state index is -0.527. The Kier molecular flexibility index (Phi) is 6.01. The van der Waals surface area contributed by atoms with Crippen LogP contribution >= 0.6 is 11.6 Å². The lowest BCUT2D eigenvalue weighted by Crippen LogP contribution is -2.43. The fourth-order valence-corrected chi connectivity index (χ4v) is 4.37. The summed E-state index contributed by atoms with van der Waals surface area (Å²) in [6, 6.07) is 1.91. The van der Waals surface area contributed by atoms with Crippen molar-refractivity contribution in [3.63, 3.8) is 0 Å². The summed E-state index contributed by atoms with van der Waals surface area (Å²) in [4.78, 5) is 20.3. The minimum absolute atomic E-state index is 0.320. The Bertz CT molecular complexity index is 807. The average molecular weight is 391 g/mol. The SMILES string of the molecule is CCN1CCC[C@@H](CN(C)c2ncc(C(N)=O)cc2Cl)[C@@H]1c1cnn(C)c1. The van der Waals surface area contributed by atoms with Gasteiger partial charge in [0, 0.05) is 44.6 Å². The number of primary amides is 1. The Hall–Kier alpha value is -2.12. The molecule has 146 valence electrons. The number of anilines is 1. The zero-order valence-corrected chi connectivity index (χ0v) is 16.9. The molecule has 0 aromatic carbocycles. The van der Waals surface area contributed by atoms with Gasteiger partial charge < -0.3 is 10.6 Å². The quantitative estimate of drug-likeness (QED) is 0.819. The van der Waals surface area contributed by atoms with Crippen molar-refractivity contribution in [3.05, 3.63) is 40.8 Å². The molecule has 27 heavy (non-hydrogen) atoms. The fraction of sp³-hybridized carbons (Fsp3) is 0.526. The van der Waals surface area contributed by atoms with Gasteiger partial charge in [-0.25, -0.2) is 4.98 Å². The molecule has 1 fully saturated rings. The number of hydrogen-bond donors (Lipinski definition) is 1. The molecule has 1 amide bonds. The lowest BCUT2D eigenvalue weighted by molar-refractivity contribution is 0.0999. The fourth-order valence-electron chi connectivity index (χ4n) is 4.06. The molecule has 1 aliphatic heterocycles. The molecule has 0 saturated carbocycles. The molecule has 0 aliphatic carbocycles.